The minimum Gasteiger partial charge on any atom is -0.384 e. The van der Waals surface area contributed by atoms with Crippen molar-refractivity contribution in [1.29, 1.82) is 0 Å². The molecule has 0 amide bonds. The van der Waals surface area contributed by atoms with E-state index in [0.717, 1.165) is 13.2 Å². The van der Waals surface area contributed by atoms with Gasteiger partial charge in [0.05, 0.1) is 0 Å². The smallest absolute Gasteiger partial charge is 0.0499 e. The first-order chi connectivity index (χ1) is 5.20. The molecule has 1 N–H and O–H groups in total. The Balaban J connectivity index is 3.22. The zero-order chi connectivity index (χ0) is 8.69. The van der Waals surface area contributed by atoms with Gasteiger partial charge in [-0.15, -0.1) is 0 Å². The highest BCUT2D eigenvalue weighted by atomic mass is 16.5. The van der Waals surface area contributed by atoms with Crippen LogP contribution in [0, 0.1) is 5.92 Å². The van der Waals surface area contributed by atoms with Gasteiger partial charge in [-0.2, -0.15) is 0 Å². The van der Waals surface area contributed by atoms with Gasteiger partial charge in [-0.25, -0.2) is 0 Å². The fourth-order valence-corrected chi connectivity index (χ4v) is 0.890. The zero-order valence-electron chi connectivity index (χ0n) is 8.18. The number of nitrogens with one attached hydrogen (secondary N) is 1. The number of hydrogen-bond donors (Lipinski definition) is 1. The number of ether oxygens (including phenoxy) is 1. The largest absolute Gasteiger partial charge is 0.384 e. The molecule has 2 heteroatoms. The van der Waals surface area contributed by atoms with E-state index in [9.17, 15) is 0 Å². The molecule has 0 aliphatic rings. The quantitative estimate of drug-likeness (QED) is 0.636. The van der Waals surface area contributed by atoms with Crippen molar-refractivity contribution in [2.45, 2.75) is 33.2 Å². The van der Waals surface area contributed by atoms with Crippen LogP contribution in [0.4, 0.5) is 0 Å². The van der Waals surface area contributed by atoms with Crippen molar-refractivity contribution in [2.24, 2.45) is 5.92 Å². The lowest BCUT2D eigenvalue weighted by Gasteiger charge is -2.15. The van der Waals surface area contributed by atoms with Crippen molar-refractivity contribution in [3.05, 3.63) is 0 Å². The van der Waals surface area contributed by atoms with Crippen molar-refractivity contribution in [3.63, 3.8) is 0 Å². The van der Waals surface area contributed by atoms with Crippen LogP contribution >= 0.6 is 0 Å². The van der Waals surface area contributed by atoms with E-state index >= 15 is 0 Å². The standard InChI is InChI=1S/C9H21NO/c1-5-9(3)10-6-8(2)7-11-4/h8-10H,5-7H2,1-4H3/t8?,9-/m1/s1. The van der Waals surface area contributed by atoms with Gasteiger partial charge in [-0.3, -0.25) is 0 Å². The summed E-state index contributed by atoms with van der Waals surface area (Å²) >= 11 is 0. The molecule has 11 heavy (non-hydrogen) atoms. The third-order valence-corrected chi connectivity index (χ3v) is 1.88. The fraction of sp³-hybridized carbons (Fsp3) is 1.00. The highest BCUT2D eigenvalue weighted by molar-refractivity contribution is 4.61. The molecule has 0 rings (SSSR count). The van der Waals surface area contributed by atoms with E-state index in [0.29, 0.717) is 12.0 Å². The monoisotopic (exact) mass is 159 g/mol. The number of hydrogen-bond acceptors (Lipinski definition) is 2. The molecule has 2 nitrogen and oxygen atoms in total. The first-order valence-corrected chi connectivity index (χ1v) is 4.43. The second-order valence-electron chi connectivity index (χ2n) is 3.28. The van der Waals surface area contributed by atoms with Gasteiger partial charge in [-0.1, -0.05) is 13.8 Å². The Morgan fingerprint density at radius 1 is 1.36 bits per heavy atom. The molecule has 0 bridgehead atoms. The van der Waals surface area contributed by atoms with E-state index < -0.39 is 0 Å². The molecule has 0 aromatic heterocycles. The van der Waals surface area contributed by atoms with Crippen molar-refractivity contribution >= 4 is 0 Å². The average Bonchev–Trinajstić information content (AvgIpc) is 2.01. The molecule has 2 atom stereocenters. The van der Waals surface area contributed by atoms with Gasteiger partial charge < -0.3 is 10.1 Å². The predicted molar refractivity (Wildman–Crippen MR) is 48.8 cm³/mol. The normalized spacial score (nSPS) is 16.4. The fourth-order valence-electron chi connectivity index (χ4n) is 0.890. The topological polar surface area (TPSA) is 21.3 Å². The molecular formula is C9H21NO. The van der Waals surface area contributed by atoms with Crippen LogP contribution in [0.25, 0.3) is 0 Å². The van der Waals surface area contributed by atoms with Crippen LogP contribution in [0.3, 0.4) is 0 Å². The molecule has 0 saturated carbocycles. The van der Waals surface area contributed by atoms with Crippen LogP contribution in [0.1, 0.15) is 27.2 Å². The lowest BCUT2D eigenvalue weighted by atomic mass is 10.2. The zero-order valence-corrected chi connectivity index (χ0v) is 8.18. The molecule has 0 spiro atoms. The van der Waals surface area contributed by atoms with Crippen molar-refractivity contribution < 1.29 is 4.74 Å². The Hall–Kier alpha value is -0.0800. The number of methoxy groups -OCH3 is 1. The Labute approximate surface area is 70.3 Å². The van der Waals surface area contributed by atoms with E-state index in [1.807, 2.05) is 0 Å². The summed E-state index contributed by atoms with van der Waals surface area (Å²) in [6.07, 6.45) is 1.19. The predicted octanol–water partition coefficient (Wildman–Crippen LogP) is 1.66. The van der Waals surface area contributed by atoms with Crippen LogP contribution in [0.2, 0.25) is 0 Å². The molecular weight excluding hydrogens is 138 g/mol. The Kier molecular flexibility index (Phi) is 6.57. The molecule has 0 fully saturated rings. The minimum atomic E-state index is 0.619. The summed E-state index contributed by atoms with van der Waals surface area (Å²) in [6, 6.07) is 0.634. The van der Waals surface area contributed by atoms with E-state index in [1.54, 1.807) is 7.11 Å². The van der Waals surface area contributed by atoms with Crippen molar-refractivity contribution in [2.75, 3.05) is 20.3 Å². The lowest BCUT2D eigenvalue weighted by molar-refractivity contribution is 0.157. The molecule has 0 radical (unpaired) electrons. The Morgan fingerprint density at radius 2 is 2.00 bits per heavy atom. The molecule has 0 aromatic carbocycles. The molecule has 68 valence electrons. The van der Waals surface area contributed by atoms with Crippen molar-refractivity contribution in [1.82, 2.24) is 5.32 Å². The van der Waals surface area contributed by atoms with Gasteiger partial charge >= 0.3 is 0 Å². The maximum absolute atomic E-state index is 5.03. The highest BCUT2D eigenvalue weighted by Crippen LogP contribution is 1.94. The third kappa shape index (κ3) is 6.32. The molecule has 1 unspecified atom stereocenters. The van der Waals surface area contributed by atoms with Crippen LogP contribution < -0.4 is 5.32 Å². The summed E-state index contributed by atoms with van der Waals surface area (Å²) < 4.78 is 5.03. The summed E-state index contributed by atoms with van der Waals surface area (Å²) in [5, 5.41) is 3.44. The summed E-state index contributed by atoms with van der Waals surface area (Å²) in [5.74, 6) is 0.619. The van der Waals surface area contributed by atoms with E-state index in [1.165, 1.54) is 6.42 Å². The summed E-state index contributed by atoms with van der Waals surface area (Å²) in [4.78, 5) is 0. The van der Waals surface area contributed by atoms with Crippen LogP contribution in [0.15, 0.2) is 0 Å². The molecule has 0 heterocycles. The van der Waals surface area contributed by atoms with Crippen LogP contribution in [-0.4, -0.2) is 26.3 Å². The van der Waals surface area contributed by atoms with Crippen LogP contribution in [-0.2, 0) is 4.74 Å². The van der Waals surface area contributed by atoms with Gasteiger partial charge in [0.2, 0.25) is 0 Å². The van der Waals surface area contributed by atoms with Gasteiger partial charge in [0, 0.05) is 26.3 Å². The molecule has 0 saturated heterocycles. The average molecular weight is 159 g/mol. The van der Waals surface area contributed by atoms with Crippen molar-refractivity contribution in [3.8, 4) is 0 Å². The highest BCUT2D eigenvalue weighted by Gasteiger charge is 2.02. The molecule has 0 aliphatic carbocycles. The van der Waals surface area contributed by atoms with Crippen LogP contribution in [0.5, 0.6) is 0 Å². The third-order valence-electron chi connectivity index (χ3n) is 1.88. The summed E-state index contributed by atoms with van der Waals surface area (Å²) in [6.45, 7) is 8.50. The summed E-state index contributed by atoms with van der Waals surface area (Å²) in [5.41, 5.74) is 0. The van der Waals surface area contributed by atoms with E-state index in [2.05, 4.69) is 26.1 Å². The lowest BCUT2D eigenvalue weighted by Crippen LogP contribution is -2.31. The van der Waals surface area contributed by atoms with Gasteiger partial charge in [-0.05, 0) is 19.3 Å². The van der Waals surface area contributed by atoms with Gasteiger partial charge in [0.25, 0.3) is 0 Å². The maximum atomic E-state index is 5.03. The molecule has 0 aliphatic heterocycles. The van der Waals surface area contributed by atoms with E-state index in [-0.39, 0.29) is 0 Å². The SMILES string of the molecule is CC[C@@H](C)NCC(C)COC. The second kappa shape index (κ2) is 6.62. The first kappa shape index (κ1) is 10.9. The Bertz CT molecular complexity index is 85.6. The minimum absolute atomic E-state index is 0.619. The Morgan fingerprint density at radius 3 is 2.45 bits per heavy atom. The van der Waals surface area contributed by atoms with Gasteiger partial charge in [0.15, 0.2) is 0 Å². The molecule has 0 aromatic rings. The maximum Gasteiger partial charge on any atom is 0.0499 e. The second-order valence-corrected chi connectivity index (χ2v) is 3.28. The number of rotatable bonds is 6. The summed E-state index contributed by atoms with van der Waals surface area (Å²) in [7, 11) is 1.75. The van der Waals surface area contributed by atoms with E-state index in [4.69, 9.17) is 4.74 Å². The van der Waals surface area contributed by atoms with Gasteiger partial charge in [0.1, 0.15) is 0 Å². The first-order valence-electron chi connectivity index (χ1n) is 4.43.